The highest BCUT2D eigenvalue weighted by atomic mass is 32.2. The van der Waals surface area contributed by atoms with E-state index in [-0.39, 0.29) is 4.90 Å². The standard InChI is InChI=1S/C9H13NO3S/c1-3-7-5-9(14(11,12)13)6-8(4-2)10-7/h5-6H,3-4H2,1-2H3,(H,11,12,13). The quantitative estimate of drug-likeness (QED) is 0.775. The smallest absolute Gasteiger partial charge is 0.282 e. The van der Waals surface area contributed by atoms with Gasteiger partial charge in [0.2, 0.25) is 0 Å². The number of nitrogens with zero attached hydrogens (tertiary/aromatic N) is 1. The van der Waals surface area contributed by atoms with Crippen LogP contribution in [0.25, 0.3) is 0 Å². The average Bonchev–Trinajstić information content (AvgIpc) is 2.15. The van der Waals surface area contributed by atoms with E-state index in [9.17, 15) is 8.42 Å². The van der Waals surface area contributed by atoms with Crippen molar-refractivity contribution in [2.45, 2.75) is 31.6 Å². The van der Waals surface area contributed by atoms with Crippen LogP contribution in [-0.4, -0.2) is 18.0 Å². The Morgan fingerprint density at radius 2 is 1.64 bits per heavy atom. The summed E-state index contributed by atoms with van der Waals surface area (Å²) >= 11 is 0. The molecule has 0 spiro atoms. The Kier molecular flexibility index (Phi) is 3.23. The molecule has 5 heteroatoms. The molecule has 0 aromatic carbocycles. The van der Waals surface area contributed by atoms with E-state index in [0.717, 1.165) is 0 Å². The second kappa shape index (κ2) is 4.06. The van der Waals surface area contributed by atoms with Gasteiger partial charge in [0, 0.05) is 11.4 Å². The van der Waals surface area contributed by atoms with E-state index in [2.05, 4.69) is 4.98 Å². The number of aromatic nitrogens is 1. The van der Waals surface area contributed by atoms with Crippen molar-refractivity contribution in [3.05, 3.63) is 23.5 Å². The Labute approximate surface area is 83.7 Å². The summed E-state index contributed by atoms with van der Waals surface area (Å²) in [5.74, 6) is 0. The van der Waals surface area contributed by atoms with Gasteiger partial charge in [0.15, 0.2) is 0 Å². The van der Waals surface area contributed by atoms with Crippen molar-refractivity contribution in [3.63, 3.8) is 0 Å². The Morgan fingerprint density at radius 3 is 1.93 bits per heavy atom. The summed E-state index contributed by atoms with van der Waals surface area (Å²) in [5, 5.41) is 0. The fraction of sp³-hybridized carbons (Fsp3) is 0.444. The highest BCUT2D eigenvalue weighted by Gasteiger charge is 2.11. The number of pyridine rings is 1. The lowest BCUT2D eigenvalue weighted by molar-refractivity contribution is 0.482. The van der Waals surface area contributed by atoms with Gasteiger partial charge in [-0.3, -0.25) is 9.54 Å². The second-order valence-corrected chi connectivity index (χ2v) is 4.39. The third-order valence-electron chi connectivity index (χ3n) is 1.93. The maximum atomic E-state index is 10.9. The molecule has 1 heterocycles. The Bertz CT molecular complexity index is 403. The summed E-state index contributed by atoms with van der Waals surface area (Å²) in [4.78, 5) is 4.14. The molecule has 0 atom stereocenters. The molecule has 0 radical (unpaired) electrons. The highest BCUT2D eigenvalue weighted by molar-refractivity contribution is 7.85. The summed E-state index contributed by atoms with van der Waals surface area (Å²) in [6, 6.07) is 2.79. The van der Waals surface area contributed by atoms with Gasteiger partial charge in [0.05, 0.1) is 4.90 Å². The fourth-order valence-corrected chi connectivity index (χ4v) is 1.70. The summed E-state index contributed by atoms with van der Waals surface area (Å²) in [7, 11) is -4.11. The van der Waals surface area contributed by atoms with Crippen LogP contribution in [0.1, 0.15) is 25.2 Å². The minimum atomic E-state index is -4.11. The van der Waals surface area contributed by atoms with Crippen LogP contribution in [0, 0.1) is 0 Å². The summed E-state index contributed by atoms with van der Waals surface area (Å²) in [6.07, 6.45) is 1.30. The second-order valence-electron chi connectivity index (χ2n) is 2.97. The molecule has 0 saturated carbocycles. The molecule has 1 aromatic rings. The zero-order chi connectivity index (χ0) is 10.8. The van der Waals surface area contributed by atoms with Gasteiger partial charge < -0.3 is 0 Å². The molecular formula is C9H13NO3S. The third-order valence-corrected chi connectivity index (χ3v) is 2.76. The van der Waals surface area contributed by atoms with E-state index in [1.807, 2.05) is 13.8 Å². The van der Waals surface area contributed by atoms with E-state index >= 15 is 0 Å². The van der Waals surface area contributed by atoms with Crippen molar-refractivity contribution in [2.75, 3.05) is 0 Å². The minimum Gasteiger partial charge on any atom is -0.282 e. The van der Waals surface area contributed by atoms with Gasteiger partial charge >= 0.3 is 0 Å². The number of aryl methyl sites for hydroxylation is 2. The van der Waals surface area contributed by atoms with Gasteiger partial charge in [-0.25, -0.2) is 0 Å². The van der Waals surface area contributed by atoms with Gasteiger partial charge in [0.25, 0.3) is 10.1 Å². The van der Waals surface area contributed by atoms with Gasteiger partial charge in [-0.2, -0.15) is 8.42 Å². The lowest BCUT2D eigenvalue weighted by Crippen LogP contribution is -2.03. The first-order chi connectivity index (χ1) is 6.47. The molecule has 0 aliphatic rings. The molecule has 78 valence electrons. The molecule has 0 saturated heterocycles. The molecule has 0 aliphatic heterocycles. The van der Waals surface area contributed by atoms with Crippen molar-refractivity contribution < 1.29 is 13.0 Å². The molecule has 4 nitrogen and oxygen atoms in total. The van der Waals surface area contributed by atoms with E-state index < -0.39 is 10.1 Å². The Morgan fingerprint density at radius 1 is 1.21 bits per heavy atom. The molecule has 0 bridgehead atoms. The maximum Gasteiger partial charge on any atom is 0.294 e. The minimum absolute atomic E-state index is 0.0683. The first-order valence-electron chi connectivity index (χ1n) is 4.44. The van der Waals surface area contributed by atoms with E-state index in [4.69, 9.17) is 4.55 Å². The number of hydrogen-bond donors (Lipinski definition) is 1. The SMILES string of the molecule is CCc1cc(S(=O)(=O)O)cc(CC)n1. The van der Waals surface area contributed by atoms with Crippen molar-refractivity contribution in [1.82, 2.24) is 4.98 Å². The predicted octanol–water partition coefficient (Wildman–Crippen LogP) is 1.45. The number of hydrogen-bond acceptors (Lipinski definition) is 3. The lowest BCUT2D eigenvalue weighted by Gasteiger charge is -2.03. The van der Waals surface area contributed by atoms with Crippen LogP contribution >= 0.6 is 0 Å². The topological polar surface area (TPSA) is 67.3 Å². The molecule has 1 aromatic heterocycles. The zero-order valence-corrected chi connectivity index (χ0v) is 9.00. The van der Waals surface area contributed by atoms with Gasteiger partial charge in [-0.1, -0.05) is 13.8 Å². The van der Waals surface area contributed by atoms with Crippen molar-refractivity contribution in [1.29, 1.82) is 0 Å². The Balaban J connectivity index is 3.32. The molecule has 14 heavy (non-hydrogen) atoms. The molecule has 0 unspecified atom stereocenters. The largest absolute Gasteiger partial charge is 0.294 e. The van der Waals surface area contributed by atoms with Crippen molar-refractivity contribution in [3.8, 4) is 0 Å². The van der Waals surface area contributed by atoms with Gasteiger partial charge in [-0.05, 0) is 25.0 Å². The van der Waals surface area contributed by atoms with Gasteiger partial charge in [0.1, 0.15) is 0 Å². The first kappa shape index (κ1) is 11.1. The predicted molar refractivity (Wildman–Crippen MR) is 52.8 cm³/mol. The van der Waals surface area contributed by atoms with Crippen LogP contribution in [0.3, 0.4) is 0 Å². The molecule has 1 rings (SSSR count). The van der Waals surface area contributed by atoms with Crippen molar-refractivity contribution >= 4 is 10.1 Å². The molecule has 0 fully saturated rings. The van der Waals surface area contributed by atoms with E-state index in [1.54, 1.807) is 0 Å². The van der Waals surface area contributed by atoms with Crippen molar-refractivity contribution in [2.24, 2.45) is 0 Å². The first-order valence-corrected chi connectivity index (χ1v) is 5.88. The van der Waals surface area contributed by atoms with Gasteiger partial charge in [-0.15, -0.1) is 0 Å². The summed E-state index contributed by atoms with van der Waals surface area (Å²) < 4.78 is 30.7. The average molecular weight is 215 g/mol. The maximum absolute atomic E-state index is 10.9. The zero-order valence-electron chi connectivity index (χ0n) is 8.19. The van der Waals surface area contributed by atoms with Crippen LogP contribution in [0.15, 0.2) is 17.0 Å². The van der Waals surface area contributed by atoms with E-state index in [0.29, 0.717) is 24.2 Å². The molecule has 0 amide bonds. The lowest BCUT2D eigenvalue weighted by atomic mass is 10.2. The van der Waals surface area contributed by atoms with Crippen LogP contribution in [-0.2, 0) is 23.0 Å². The van der Waals surface area contributed by atoms with Crippen LogP contribution in [0.5, 0.6) is 0 Å². The summed E-state index contributed by atoms with van der Waals surface area (Å²) in [5.41, 5.74) is 1.36. The summed E-state index contributed by atoms with van der Waals surface area (Å²) in [6.45, 7) is 3.77. The van der Waals surface area contributed by atoms with Crippen LogP contribution in [0.4, 0.5) is 0 Å². The monoisotopic (exact) mass is 215 g/mol. The normalized spacial score (nSPS) is 11.6. The van der Waals surface area contributed by atoms with Crippen LogP contribution < -0.4 is 0 Å². The highest BCUT2D eigenvalue weighted by Crippen LogP contribution is 2.12. The Hall–Kier alpha value is -0.940. The molecule has 0 aliphatic carbocycles. The molecule has 1 N–H and O–H groups in total. The molecular weight excluding hydrogens is 202 g/mol. The third kappa shape index (κ3) is 2.52. The van der Waals surface area contributed by atoms with E-state index in [1.165, 1.54) is 12.1 Å². The van der Waals surface area contributed by atoms with Crippen LogP contribution in [0.2, 0.25) is 0 Å². The number of rotatable bonds is 3. The fourth-order valence-electron chi connectivity index (χ4n) is 1.13.